The van der Waals surface area contributed by atoms with Gasteiger partial charge >= 0.3 is 0 Å². The molecule has 2 aromatic rings. The van der Waals surface area contributed by atoms with Crippen LogP contribution in [0.2, 0.25) is 0 Å². The van der Waals surface area contributed by atoms with E-state index in [2.05, 4.69) is 0 Å². The maximum atomic E-state index is 13.7. The summed E-state index contributed by atoms with van der Waals surface area (Å²) >= 11 is 5.62. The third kappa shape index (κ3) is 3.06. The fourth-order valence-corrected chi connectivity index (χ4v) is 8.66. The van der Waals surface area contributed by atoms with Crippen LogP contribution in [0.3, 0.4) is 0 Å². The molecule has 1 aromatic carbocycles. The summed E-state index contributed by atoms with van der Waals surface area (Å²) in [5.74, 6) is -1.06. The summed E-state index contributed by atoms with van der Waals surface area (Å²) in [7, 11) is 3.16. The summed E-state index contributed by atoms with van der Waals surface area (Å²) in [6.45, 7) is 5.82. The number of hydrogen-bond acceptors (Lipinski definition) is 6. The Bertz CT molecular complexity index is 1150. The molecule has 2 atom stereocenters. The Hall–Kier alpha value is -1.90. The van der Waals surface area contributed by atoms with Crippen LogP contribution in [0.15, 0.2) is 18.2 Å². The van der Waals surface area contributed by atoms with Gasteiger partial charge in [-0.2, -0.15) is 0 Å². The molecule has 8 heteroatoms. The van der Waals surface area contributed by atoms with Crippen LogP contribution < -0.4 is 4.90 Å². The van der Waals surface area contributed by atoms with Crippen molar-refractivity contribution in [2.24, 2.45) is 11.8 Å². The van der Waals surface area contributed by atoms with Crippen molar-refractivity contribution in [2.75, 3.05) is 11.4 Å². The van der Waals surface area contributed by atoms with Gasteiger partial charge in [0.1, 0.15) is 10.4 Å². The van der Waals surface area contributed by atoms with E-state index in [4.69, 9.17) is 12.2 Å². The second-order valence-electron chi connectivity index (χ2n) is 9.23. The lowest BCUT2D eigenvalue weighted by atomic mass is 9.81. The van der Waals surface area contributed by atoms with Gasteiger partial charge in [0.05, 0.1) is 27.9 Å². The first-order chi connectivity index (χ1) is 14.7. The maximum Gasteiger partial charge on any atom is 0.247 e. The van der Waals surface area contributed by atoms with Crippen molar-refractivity contribution < 1.29 is 14.4 Å². The van der Waals surface area contributed by atoms with E-state index in [1.165, 1.54) is 4.90 Å². The third-order valence-electron chi connectivity index (χ3n) is 6.89. The van der Waals surface area contributed by atoms with Crippen molar-refractivity contribution in [2.45, 2.75) is 52.0 Å². The normalized spacial score (nSPS) is 24.1. The van der Waals surface area contributed by atoms with Gasteiger partial charge in [0.15, 0.2) is 0 Å². The molecule has 5 rings (SSSR count). The van der Waals surface area contributed by atoms with E-state index in [0.717, 1.165) is 56.8 Å². The summed E-state index contributed by atoms with van der Waals surface area (Å²) in [6, 6.07) is 6.05. The van der Waals surface area contributed by atoms with Crippen LogP contribution in [0, 0.1) is 22.6 Å². The molecular formula is C23H24N2O3S3. The van der Waals surface area contributed by atoms with Crippen LogP contribution in [-0.4, -0.2) is 29.2 Å². The zero-order chi connectivity index (χ0) is 22.1. The van der Waals surface area contributed by atoms with E-state index in [0.29, 0.717) is 0 Å². The molecule has 1 aliphatic carbocycles. The van der Waals surface area contributed by atoms with Gasteiger partial charge in [-0.15, -0.1) is 0 Å². The number of aryl methyl sites for hydroxylation is 1. The van der Waals surface area contributed by atoms with Crippen molar-refractivity contribution in [3.8, 4) is 11.1 Å². The smallest absolute Gasteiger partial charge is 0.247 e. The highest BCUT2D eigenvalue weighted by Crippen LogP contribution is 2.52. The quantitative estimate of drug-likeness (QED) is 0.339. The minimum absolute atomic E-state index is 0.172. The number of carbonyl (C=O) groups excluding carboxylic acids is 3. The van der Waals surface area contributed by atoms with Crippen LogP contribution >= 0.6 is 32.9 Å². The molecule has 3 amide bonds. The van der Waals surface area contributed by atoms with Crippen LogP contribution in [0.25, 0.3) is 11.1 Å². The first-order valence-corrected chi connectivity index (χ1v) is 13.2. The Balaban J connectivity index is 1.55. The number of rotatable bonds is 2. The number of benzene rings is 1. The average Bonchev–Trinajstić information content (AvgIpc) is 3.23. The predicted molar refractivity (Wildman–Crippen MR) is 126 cm³/mol. The van der Waals surface area contributed by atoms with Crippen molar-refractivity contribution in [3.05, 3.63) is 32.5 Å². The summed E-state index contributed by atoms with van der Waals surface area (Å²) in [5, 5.41) is 0. The van der Waals surface area contributed by atoms with Gasteiger partial charge in [-0.25, -0.2) is 0 Å². The molecule has 0 spiro atoms. The second kappa shape index (κ2) is 7.32. The van der Waals surface area contributed by atoms with Gasteiger partial charge in [-0.05, 0) is 45.2 Å². The van der Waals surface area contributed by atoms with E-state index < -0.39 is 5.54 Å². The number of likely N-dealkylation sites (tertiary alicyclic amines) is 1. The summed E-state index contributed by atoms with van der Waals surface area (Å²) in [5.41, 5.74) is 3.21. The fraction of sp³-hybridized carbons (Fsp3) is 0.478. The summed E-state index contributed by atoms with van der Waals surface area (Å²) in [6.07, 6.45) is 3.44. The summed E-state index contributed by atoms with van der Waals surface area (Å²) in [4.78, 5) is 43.7. The molecule has 2 aliphatic heterocycles. The molecule has 0 N–H and O–H groups in total. The largest absolute Gasteiger partial charge is 0.300 e. The van der Waals surface area contributed by atoms with Gasteiger partial charge < -0.3 is 0 Å². The number of carbonyl (C=O) groups is 3. The lowest BCUT2D eigenvalue weighted by Gasteiger charge is -2.43. The highest BCUT2D eigenvalue weighted by atomic mass is 32.9. The standard InChI is InChI=1S/C23H24N2O3S3/c1-12-8-9-15-16(10-12)25(23(2,3)19-18(15)22(29)31-30-19)17(26)11-24-20(27)13-6-4-5-7-14(13)21(24)28/h8-10,13-14H,4-7,11H2,1-3H3/t13-,14-/m0/s1. The SMILES string of the molecule is Cc1ccc2c(c1)N(C(=O)CN1C(=O)[C@H]3CCCC[C@@H]3C1=O)C(C)(C)c1ssc(=S)c1-2. The molecule has 3 heterocycles. The first-order valence-electron chi connectivity index (χ1n) is 10.6. The molecular weight excluding hydrogens is 448 g/mol. The zero-order valence-corrected chi connectivity index (χ0v) is 20.2. The minimum atomic E-state index is -0.621. The predicted octanol–water partition coefficient (Wildman–Crippen LogP) is 5.27. The van der Waals surface area contributed by atoms with Crippen LogP contribution in [-0.2, 0) is 19.9 Å². The maximum absolute atomic E-state index is 13.7. The van der Waals surface area contributed by atoms with Gasteiger partial charge in [-0.3, -0.25) is 24.2 Å². The Labute approximate surface area is 194 Å². The Morgan fingerprint density at radius 2 is 1.77 bits per heavy atom. The number of hydrogen-bond donors (Lipinski definition) is 0. The molecule has 0 bridgehead atoms. The van der Waals surface area contributed by atoms with Crippen molar-refractivity contribution >= 4 is 56.3 Å². The lowest BCUT2D eigenvalue weighted by Crippen LogP contribution is -2.52. The first kappa shape index (κ1) is 21.0. The van der Waals surface area contributed by atoms with E-state index in [9.17, 15) is 14.4 Å². The fourth-order valence-electron chi connectivity index (χ4n) is 5.38. The van der Waals surface area contributed by atoms with E-state index in [1.807, 2.05) is 39.0 Å². The molecule has 1 saturated carbocycles. The number of nitrogens with zero attached hydrogens (tertiary/aromatic N) is 2. The monoisotopic (exact) mass is 472 g/mol. The van der Waals surface area contributed by atoms with Crippen LogP contribution in [0.4, 0.5) is 5.69 Å². The van der Waals surface area contributed by atoms with Crippen molar-refractivity contribution in [3.63, 3.8) is 0 Å². The second-order valence-corrected chi connectivity index (χ2v) is 12.0. The number of amides is 3. The molecule has 1 saturated heterocycles. The van der Waals surface area contributed by atoms with E-state index >= 15 is 0 Å². The molecule has 1 aromatic heterocycles. The number of anilines is 1. The van der Waals surface area contributed by atoms with Gasteiger partial charge in [-0.1, -0.05) is 57.9 Å². The minimum Gasteiger partial charge on any atom is -0.300 e. The number of imide groups is 1. The molecule has 5 nitrogen and oxygen atoms in total. The molecule has 3 aliphatic rings. The van der Waals surface area contributed by atoms with E-state index in [-0.39, 0.29) is 36.1 Å². The van der Waals surface area contributed by atoms with Crippen LogP contribution in [0.1, 0.15) is 50.0 Å². The Morgan fingerprint density at radius 3 is 2.42 bits per heavy atom. The van der Waals surface area contributed by atoms with Gasteiger partial charge in [0.2, 0.25) is 17.7 Å². The molecule has 2 fully saturated rings. The molecule has 31 heavy (non-hydrogen) atoms. The molecule has 0 radical (unpaired) electrons. The molecule has 162 valence electrons. The Morgan fingerprint density at radius 1 is 1.13 bits per heavy atom. The summed E-state index contributed by atoms with van der Waals surface area (Å²) < 4.78 is 0.833. The molecule has 0 unspecified atom stereocenters. The Kier molecular flexibility index (Phi) is 4.95. The van der Waals surface area contributed by atoms with Crippen molar-refractivity contribution in [1.29, 1.82) is 0 Å². The average molecular weight is 473 g/mol. The van der Waals surface area contributed by atoms with Crippen LogP contribution in [0.5, 0.6) is 0 Å². The lowest BCUT2D eigenvalue weighted by molar-refractivity contribution is -0.143. The number of fused-ring (bicyclic) bond motifs is 4. The van der Waals surface area contributed by atoms with Gasteiger partial charge in [0, 0.05) is 11.1 Å². The van der Waals surface area contributed by atoms with Gasteiger partial charge in [0.25, 0.3) is 0 Å². The highest BCUT2D eigenvalue weighted by molar-refractivity contribution is 7.80. The topological polar surface area (TPSA) is 57.7 Å². The highest BCUT2D eigenvalue weighted by Gasteiger charge is 2.50. The van der Waals surface area contributed by atoms with E-state index in [1.54, 1.807) is 25.6 Å². The zero-order valence-electron chi connectivity index (χ0n) is 17.8. The van der Waals surface area contributed by atoms with Crippen molar-refractivity contribution in [1.82, 2.24) is 4.90 Å². The third-order valence-corrected chi connectivity index (χ3v) is 10.2.